The van der Waals surface area contributed by atoms with Crippen molar-refractivity contribution >= 4 is 11.5 Å². The maximum atomic E-state index is 5.69. The van der Waals surface area contributed by atoms with Gasteiger partial charge in [0.1, 0.15) is 0 Å². The number of nitrogens with zero attached hydrogens (tertiary/aromatic N) is 4. The monoisotopic (exact) mass is 280 g/mol. The molecule has 6 nitrogen and oxygen atoms in total. The molecule has 0 bridgehead atoms. The second-order valence-corrected chi connectivity index (χ2v) is 5.67. The summed E-state index contributed by atoms with van der Waals surface area (Å²) in [6, 6.07) is 2.12. The lowest BCUT2D eigenvalue weighted by molar-refractivity contribution is 0.507. The zero-order valence-corrected chi connectivity index (χ0v) is 12.3. The molecule has 0 aliphatic carbocycles. The lowest BCUT2D eigenvalue weighted by Crippen LogP contribution is -2.28. The molecule has 7 heteroatoms. The van der Waals surface area contributed by atoms with Gasteiger partial charge in [-0.05, 0) is 36.4 Å². The minimum absolute atomic E-state index is 0.0901. The van der Waals surface area contributed by atoms with Crippen LogP contribution in [-0.4, -0.2) is 19.4 Å². The summed E-state index contributed by atoms with van der Waals surface area (Å²) < 4.78 is 5.94. The third kappa shape index (κ3) is 3.17. The Hall–Kier alpha value is -1.31. The quantitative estimate of drug-likeness (QED) is 0.619. The van der Waals surface area contributed by atoms with Gasteiger partial charge in [0.05, 0.1) is 16.6 Å². The number of aromatic nitrogens is 4. The fourth-order valence-electron chi connectivity index (χ4n) is 2.08. The average molecular weight is 280 g/mol. The Morgan fingerprint density at radius 3 is 2.84 bits per heavy atom. The van der Waals surface area contributed by atoms with Crippen LogP contribution in [0.4, 0.5) is 0 Å². The predicted molar refractivity (Wildman–Crippen MR) is 75.6 cm³/mol. The molecular weight excluding hydrogens is 260 g/mol. The summed E-state index contributed by atoms with van der Waals surface area (Å²) in [6.45, 7) is 4.24. The SMILES string of the molecule is CC(C)c1nnsc1C(CCc1ccnn1C)NN. The molecule has 0 aromatic carbocycles. The first-order valence-electron chi connectivity index (χ1n) is 6.38. The maximum Gasteiger partial charge on any atom is 0.0829 e. The summed E-state index contributed by atoms with van der Waals surface area (Å²) >= 11 is 1.43. The number of nitrogens with two attached hydrogens (primary N) is 1. The highest BCUT2D eigenvalue weighted by Crippen LogP contribution is 2.28. The Morgan fingerprint density at radius 2 is 2.26 bits per heavy atom. The molecule has 1 atom stereocenters. The molecule has 1 unspecified atom stereocenters. The summed E-state index contributed by atoms with van der Waals surface area (Å²) in [5, 5.41) is 8.37. The predicted octanol–water partition coefficient (Wildman–Crippen LogP) is 1.53. The van der Waals surface area contributed by atoms with Crippen LogP contribution in [0.25, 0.3) is 0 Å². The van der Waals surface area contributed by atoms with Gasteiger partial charge < -0.3 is 0 Å². The van der Waals surface area contributed by atoms with Crippen molar-refractivity contribution in [3.05, 3.63) is 28.5 Å². The lowest BCUT2D eigenvalue weighted by Gasteiger charge is -2.16. The molecule has 2 aromatic heterocycles. The molecular formula is C12H20N6S. The van der Waals surface area contributed by atoms with Crippen LogP contribution < -0.4 is 11.3 Å². The van der Waals surface area contributed by atoms with Crippen LogP contribution in [0, 0.1) is 0 Å². The second-order valence-electron chi connectivity index (χ2n) is 4.88. The van der Waals surface area contributed by atoms with E-state index in [1.807, 2.05) is 24.0 Å². The number of aryl methyl sites for hydroxylation is 2. The van der Waals surface area contributed by atoms with Crippen molar-refractivity contribution in [3.63, 3.8) is 0 Å². The van der Waals surface area contributed by atoms with E-state index in [1.165, 1.54) is 17.2 Å². The lowest BCUT2D eigenvalue weighted by atomic mass is 10.0. The van der Waals surface area contributed by atoms with Crippen LogP contribution in [-0.2, 0) is 13.5 Å². The van der Waals surface area contributed by atoms with Gasteiger partial charge in [0.25, 0.3) is 0 Å². The van der Waals surface area contributed by atoms with Crippen LogP contribution in [0.2, 0.25) is 0 Å². The van der Waals surface area contributed by atoms with Crippen molar-refractivity contribution in [2.24, 2.45) is 12.9 Å². The van der Waals surface area contributed by atoms with Crippen molar-refractivity contribution in [2.75, 3.05) is 0 Å². The molecule has 0 amide bonds. The van der Waals surface area contributed by atoms with Crippen LogP contribution in [0.5, 0.6) is 0 Å². The highest BCUT2D eigenvalue weighted by Gasteiger charge is 2.20. The topological polar surface area (TPSA) is 81.7 Å². The van der Waals surface area contributed by atoms with E-state index in [-0.39, 0.29) is 6.04 Å². The van der Waals surface area contributed by atoms with Crippen molar-refractivity contribution in [2.45, 2.75) is 38.6 Å². The Bertz CT molecular complexity index is 518. The zero-order chi connectivity index (χ0) is 13.8. The van der Waals surface area contributed by atoms with Crippen LogP contribution in [0.3, 0.4) is 0 Å². The number of nitrogens with one attached hydrogen (secondary N) is 1. The largest absolute Gasteiger partial charge is 0.273 e. The first kappa shape index (κ1) is 14.1. The normalized spacial score (nSPS) is 13.1. The van der Waals surface area contributed by atoms with E-state index >= 15 is 0 Å². The van der Waals surface area contributed by atoms with E-state index in [0.717, 1.165) is 23.4 Å². The summed E-state index contributed by atoms with van der Waals surface area (Å²) in [5.74, 6) is 6.05. The van der Waals surface area contributed by atoms with E-state index < -0.39 is 0 Å². The number of rotatable bonds is 6. The minimum atomic E-state index is 0.0901. The van der Waals surface area contributed by atoms with Gasteiger partial charge >= 0.3 is 0 Å². The summed E-state index contributed by atoms with van der Waals surface area (Å²) in [4.78, 5) is 1.14. The molecule has 2 aromatic rings. The number of hydrazine groups is 1. The van der Waals surface area contributed by atoms with Crippen molar-refractivity contribution in [3.8, 4) is 0 Å². The van der Waals surface area contributed by atoms with Crippen LogP contribution in [0.15, 0.2) is 12.3 Å². The van der Waals surface area contributed by atoms with Gasteiger partial charge in [-0.3, -0.25) is 16.0 Å². The van der Waals surface area contributed by atoms with Gasteiger partial charge in [-0.15, -0.1) is 5.10 Å². The third-order valence-corrected chi connectivity index (χ3v) is 4.07. The summed E-state index contributed by atoms with van der Waals surface area (Å²) in [7, 11) is 1.95. The molecule has 0 aliphatic rings. The third-order valence-electron chi connectivity index (χ3n) is 3.22. The van der Waals surface area contributed by atoms with E-state index in [0.29, 0.717) is 5.92 Å². The van der Waals surface area contributed by atoms with Crippen LogP contribution in [0.1, 0.15) is 48.5 Å². The molecule has 19 heavy (non-hydrogen) atoms. The van der Waals surface area contributed by atoms with E-state index in [4.69, 9.17) is 5.84 Å². The Labute approximate surface area is 117 Å². The fraction of sp³-hybridized carbons (Fsp3) is 0.583. The minimum Gasteiger partial charge on any atom is -0.273 e. The van der Waals surface area contributed by atoms with Gasteiger partial charge in [-0.25, -0.2) is 0 Å². The molecule has 0 aliphatic heterocycles. The highest BCUT2D eigenvalue weighted by molar-refractivity contribution is 7.05. The van der Waals surface area contributed by atoms with E-state index in [9.17, 15) is 0 Å². The van der Waals surface area contributed by atoms with E-state index in [1.54, 1.807) is 0 Å². The number of hydrogen-bond acceptors (Lipinski definition) is 6. The van der Waals surface area contributed by atoms with E-state index in [2.05, 4.69) is 34.0 Å². The molecule has 0 radical (unpaired) electrons. The smallest absolute Gasteiger partial charge is 0.0829 e. The molecule has 3 N–H and O–H groups in total. The van der Waals surface area contributed by atoms with Crippen LogP contribution >= 0.6 is 11.5 Å². The van der Waals surface area contributed by atoms with Crippen molar-refractivity contribution < 1.29 is 0 Å². The highest BCUT2D eigenvalue weighted by atomic mass is 32.1. The molecule has 0 saturated heterocycles. The molecule has 0 spiro atoms. The van der Waals surface area contributed by atoms with Crippen molar-refractivity contribution in [1.29, 1.82) is 0 Å². The van der Waals surface area contributed by atoms with Gasteiger partial charge in [-0.2, -0.15) is 5.10 Å². The molecule has 0 saturated carbocycles. The van der Waals surface area contributed by atoms with Gasteiger partial charge in [0.2, 0.25) is 0 Å². The van der Waals surface area contributed by atoms with Gasteiger partial charge in [0.15, 0.2) is 0 Å². The second kappa shape index (κ2) is 6.23. The molecule has 2 rings (SSSR count). The fourth-order valence-corrected chi connectivity index (χ4v) is 2.98. The standard InChI is InChI=1S/C12H20N6S/c1-8(2)11-12(19-17-16-11)10(15-13)5-4-9-6-7-14-18(9)3/h6-8,10,15H,4-5,13H2,1-3H3. The Kier molecular flexibility index (Phi) is 4.62. The Morgan fingerprint density at radius 1 is 1.47 bits per heavy atom. The number of hydrogen-bond donors (Lipinski definition) is 2. The first-order valence-corrected chi connectivity index (χ1v) is 7.16. The molecule has 0 fully saturated rings. The first-order chi connectivity index (χ1) is 9.13. The average Bonchev–Trinajstić information content (AvgIpc) is 3.00. The van der Waals surface area contributed by atoms with Crippen molar-refractivity contribution in [1.82, 2.24) is 24.8 Å². The van der Waals surface area contributed by atoms with Gasteiger partial charge in [0, 0.05) is 18.9 Å². The Balaban J connectivity index is 2.08. The van der Waals surface area contributed by atoms with Gasteiger partial charge in [-0.1, -0.05) is 18.3 Å². The summed E-state index contributed by atoms with van der Waals surface area (Å²) in [5.41, 5.74) is 5.12. The molecule has 104 valence electrons. The molecule has 2 heterocycles. The maximum absolute atomic E-state index is 5.69. The summed E-state index contributed by atoms with van der Waals surface area (Å²) in [6.07, 6.45) is 3.63. The zero-order valence-electron chi connectivity index (χ0n) is 11.5.